The Morgan fingerprint density at radius 2 is 1.46 bits per heavy atom. The van der Waals surface area contributed by atoms with Crippen LogP contribution in [0.25, 0.3) is 0 Å². The molecule has 1 aromatic heterocycles. The van der Waals surface area contributed by atoms with Crippen LogP contribution in [0.2, 0.25) is 0 Å². The van der Waals surface area contributed by atoms with E-state index in [0.717, 1.165) is 38.5 Å². The molecule has 2 aromatic carbocycles. The fraction of sp³-hybridized carbons (Fsp3) is 0.105. The molecule has 0 bridgehead atoms. The number of hydrogen-bond acceptors (Lipinski definition) is 5. The number of aromatic nitrogens is 1. The van der Waals surface area contributed by atoms with Gasteiger partial charge in [-0.3, -0.25) is 4.90 Å². The summed E-state index contributed by atoms with van der Waals surface area (Å²) in [5.74, 6) is 2.57. The van der Waals surface area contributed by atoms with E-state index in [4.69, 9.17) is 9.47 Å². The van der Waals surface area contributed by atoms with Crippen molar-refractivity contribution in [1.82, 2.24) is 4.98 Å². The van der Waals surface area contributed by atoms with Crippen molar-refractivity contribution in [3.63, 3.8) is 0 Å². The van der Waals surface area contributed by atoms with E-state index < -0.39 is 0 Å². The normalized spacial score (nSPS) is 12.3. The molecule has 1 aliphatic rings. The van der Waals surface area contributed by atoms with Gasteiger partial charge in [-0.05, 0) is 48.5 Å². The van der Waals surface area contributed by atoms with Gasteiger partial charge in [-0.2, -0.15) is 0 Å². The second-order valence-corrected chi connectivity index (χ2v) is 6.38. The summed E-state index contributed by atoms with van der Waals surface area (Å²) in [5.41, 5.74) is 2.19. The zero-order valence-electron chi connectivity index (χ0n) is 13.4. The molecule has 3 aromatic rings. The molecule has 120 valence electrons. The number of pyridine rings is 1. The minimum absolute atomic E-state index is 0.841. The number of anilines is 3. The number of fused-ring (bicyclic) bond motifs is 2. The summed E-state index contributed by atoms with van der Waals surface area (Å²) >= 11 is 1.71. The van der Waals surface area contributed by atoms with Crippen LogP contribution in [0, 0.1) is 0 Å². The van der Waals surface area contributed by atoms with Crippen molar-refractivity contribution in [2.24, 2.45) is 0 Å². The summed E-state index contributed by atoms with van der Waals surface area (Å²) in [6.07, 6.45) is 1.81. The summed E-state index contributed by atoms with van der Waals surface area (Å²) in [7, 11) is 3.37. The highest BCUT2D eigenvalue weighted by atomic mass is 32.2. The van der Waals surface area contributed by atoms with Crippen LogP contribution in [0.1, 0.15) is 0 Å². The van der Waals surface area contributed by atoms with Gasteiger partial charge in [-0.15, -0.1) is 0 Å². The van der Waals surface area contributed by atoms with Gasteiger partial charge in [0.1, 0.15) is 17.3 Å². The standard InChI is InChI=1S/C19H16N2O2S/c1-22-13-6-8-15-17(11-13)24-18-12-14(23-2)7-9-16(18)21(15)19-5-3-4-10-20-19/h3-12H,1-2H3. The van der Waals surface area contributed by atoms with E-state index in [1.807, 2.05) is 36.5 Å². The number of nitrogens with zero attached hydrogens (tertiary/aromatic N) is 2. The largest absolute Gasteiger partial charge is 0.497 e. The van der Waals surface area contributed by atoms with E-state index in [1.54, 1.807) is 26.0 Å². The van der Waals surface area contributed by atoms with E-state index in [9.17, 15) is 0 Å². The topological polar surface area (TPSA) is 34.6 Å². The Morgan fingerprint density at radius 3 is 1.96 bits per heavy atom. The summed E-state index contributed by atoms with van der Waals surface area (Å²) in [6, 6.07) is 18.1. The minimum Gasteiger partial charge on any atom is -0.497 e. The minimum atomic E-state index is 0.841. The molecule has 0 saturated carbocycles. The molecule has 0 aliphatic carbocycles. The van der Waals surface area contributed by atoms with Crippen molar-refractivity contribution in [3.05, 3.63) is 60.8 Å². The molecule has 0 radical (unpaired) electrons. The van der Waals surface area contributed by atoms with Crippen molar-refractivity contribution in [3.8, 4) is 11.5 Å². The zero-order chi connectivity index (χ0) is 16.5. The maximum Gasteiger partial charge on any atom is 0.137 e. The van der Waals surface area contributed by atoms with Gasteiger partial charge in [-0.1, -0.05) is 17.8 Å². The first-order chi connectivity index (χ1) is 11.8. The second-order valence-electron chi connectivity index (χ2n) is 5.29. The third-order valence-electron chi connectivity index (χ3n) is 3.91. The molecule has 2 heterocycles. The molecule has 0 spiro atoms. The molecule has 0 saturated heterocycles. The van der Waals surface area contributed by atoms with E-state index >= 15 is 0 Å². The van der Waals surface area contributed by atoms with E-state index in [1.165, 1.54) is 0 Å². The number of methoxy groups -OCH3 is 2. The highest BCUT2D eigenvalue weighted by Gasteiger charge is 2.26. The number of rotatable bonds is 3. The SMILES string of the molecule is COc1ccc2c(c1)Sc1cc(OC)ccc1N2c1ccccn1. The molecule has 0 N–H and O–H groups in total. The average molecular weight is 336 g/mol. The molecular formula is C19H16N2O2S. The van der Waals surface area contributed by atoms with Gasteiger partial charge in [0, 0.05) is 16.0 Å². The summed E-state index contributed by atoms with van der Waals surface area (Å²) in [6.45, 7) is 0. The van der Waals surface area contributed by atoms with Crippen molar-refractivity contribution < 1.29 is 9.47 Å². The molecule has 0 fully saturated rings. The highest BCUT2D eigenvalue weighted by Crippen LogP contribution is 2.52. The molecule has 0 amide bonds. The first-order valence-electron chi connectivity index (χ1n) is 7.55. The molecule has 1 aliphatic heterocycles. The number of hydrogen-bond donors (Lipinski definition) is 0. The predicted molar refractivity (Wildman–Crippen MR) is 96.1 cm³/mol. The maximum absolute atomic E-state index is 5.38. The molecule has 0 unspecified atom stereocenters. The Morgan fingerprint density at radius 1 is 0.833 bits per heavy atom. The number of benzene rings is 2. The molecule has 24 heavy (non-hydrogen) atoms. The lowest BCUT2D eigenvalue weighted by Crippen LogP contribution is -2.16. The van der Waals surface area contributed by atoms with Gasteiger partial charge in [0.25, 0.3) is 0 Å². The lowest BCUT2D eigenvalue weighted by Gasteiger charge is -2.32. The molecule has 4 nitrogen and oxygen atoms in total. The van der Waals surface area contributed by atoms with Crippen molar-refractivity contribution >= 4 is 29.0 Å². The van der Waals surface area contributed by atoms with Gasteiger partial charge in [0.2, 0.25) is 0 Å². The van der Waals surface area contributed by atoms with Gasteiger partial charge >= 0.3 is 0 Å². The van der Waals surface area contributed by atoms with Gasteiger partial charge < -0.3 is 9.47 Å². The summed E-state index contributed by atoms with van der Waals surface area (Å²) in [4.78, 5) is 8.96. The molecule has 4 rings (SSSR count). The Kier molecular flexibility index (Phi) is 3.78. The monoisotopic (exact) mass is 336 g/mol. The quantitative estimate of drug-likeness (QED) is 0.524. The Bertz CT molecular complexity index is 830. The Hall–Kier alpha value is -2.66. The fourth-order valence-electron chi connectivity index (χ4n) is 2.76. The van der Waals surface area contributed by atoms with Crippen LogP contribution in [-0.4, -0.2) is 19.2 Å². The van der Waals surface area contributed by atoms with E-state index in [2.05, 4.69) is 34.1 Å². The molecule has 0 atom stereocenters. The smallest absolute Gasteiger partial charge is 0.137 e. The third-order valence-corrected chi connectivity index (χ3v) is 5.01. The Balaban J connectivity index is 1.92. The molecule has 5 heteroatoms. The predicted octanol–water partition coefficient (Wildman–Crippen LogP) is 5.03. The van der Waals surface area contributed by atoms with Crippen LogP contribution in [0.4, 0.5) is 17.2 Å². The third kappa shape index (κ3) is 2.47. The number of ether oxygens (including phenoxy) is 2. The first kappa shape index (κ1) is 14.9. The van der Waals surface area contributed by atoms with E-state index in [0.29, 0.717) is 0 Å². The first-order valence-corrected chi connectivity index (χ1v) is 8.37. The van der Waals surface area contributed by atoms with Crippen LogP contribution < -0.4 is 14.4 Å². The second kappa shape index (κ2) is 6.09. The Labute approximate surface area is 145 Å². The summed E-state index contributed by atoms with van der Waals surface area (Å²) < 4.78 is 10.8. The van der Waals surface area contributed by atoms with Gasteiger partial charge in [0.05, 0.1) is 25.6 Å². The van der Waals surface area contributed by atoms with Gasteiger partial charge in [-0.25, -0.2) is 4.98 Å². The lowest BCUT2D eigenvalue weighted by atomic mass is 10.2. The van der Waals surface area contributed by atoms with Crippen LogP contribution in [0.15, 0.2) is 70.6 Å². The van der Waals surface area contributed by atoms with Crippen LogP contribution >= 0.6 is 11.8 Å². The van der Waals surface area contributed by atoms with Crippen LogP contribution in [0.5, 0.6) is 11.5 Å². The zero-order valence-corrected chi connectivity index (χ0v) is 14.2. The van der Waals surface area contributed by atoms with Crippen molar-refractivity contribution in [2.45, 2.75) is 9.79 Å². The highest BCUT2D eigenvalue weighted by molar-refractivity contribution is 7.99. The van der Waals surface area contributed by atoms with Gasteiger partial charge in [0.15, 0.2) is 0 Å². The fourth-order valence-corrected chi connectivity index (χ4v) is 3.87. The maximum atomic E-state index is 5.38. The average Bonchev–Trinajstić information content (AvgIpc) is 2.65. The van der Waals surface area contributed by atoms with Crippen molar-refractivity contribution in [1.29, 1.82) is 0 Å². The van der Waals surface area contributed by atoms with Crippen LogP contribution in [0.3, 0.4) is 0 Å². The van der Waals surface area contributed by atoms with Crippen LogP contribution in [-0.2, 0) is 0 Å². The summed E-state index contributed by atoms with van der Waals surface area (Å²) in [5, 5.41) is 0. The van der Waals surface area contributed by atoms with Crippen molar-refractivity contribution in [2.75, 3.05) is 19.1 Å². The molecular weight excluding hydrogens is 320 g/mol. The lowest BCUT2D eigenvalue weighted by molar-refractivity contribution is 0.413. The van der Waals surface area contributed by atoms with E-state index in [-0.39, 0.29) is 0 Å².